The Labute approximate surface area is 164 Å². The van der Waals surface area contributed by atoms with E-state index in [9.17, 15) is 4.79 Å². The molecule has 0 aliphatic heterocycles. The van der Waals surface area contributed by atoms with Crippen LogP contribution in [0.5, 0.6) is 11.5 Å². The van der Waals surface area contributed by atoms with Crippen LogP contribution in [0.25, 0.3) is 0 Å². The molecule has 0 saturated carbocycles. The summed E-state index contributed by atoms with van der Waals surface area (Å²) in [6.45, 7) is 0.133. The number of nitrogens with one attached hydrogen (secondary N) is 1. The minimum atomic E-state index is -0.540. The van der Waals surface area contributed by atoms with Crippen LogP contribution in [0.2, 0.25) is 0 Å². The zero-order valence-electron chi connectivity index (χ0n) is 15.2. The van der Waals surface area contributed by atoms with Gasteiger partial charge in [-0.2, -0.15) is 5.10 Å². The summed E-state index contributed by atoms with van der Waals surface area (Å²) in [4.78, 5) is 15.5. The Kier molecular flexibility index (Phi) is 6.12. The molecule has 28 heavy (non-hydrogen) atoms. The molecule has 0 fully saturated rings. The standard InChI is InChI=1S/C18H18N4O5S/c1-24-15-7-11(8-20-22-18-21-16(19)10-28-18)3-5-13(15)26-9-12-4-6-14(27-12)17(23)25-2/h3-8,10H,9,19H2,1-2H3,(H,21,22). The first-order chi connectivity index (χ1) is 13.6. The molecule has 0 bridgehead atoms. The second-order valence-corrected chi connectivity index (χ2v) is 6.26. The SMILES string of the molecule is COC(=O)c1ccc(COc2ccc(C=NNc3nc(N)cs3)cc2OC)o1. The van der Waals surface area contributed by atoms with E-state index in [1.165, 1.54) is 24.5 Å². The Balaban J connectivity index is 1.62. The maximum absolute atomic E-state index is 11.4. The van der Waals surface area contributed by atoms with Crippen molar-refractivity contribution >= 4 is 34.5 Å². The van der Waals surface area contributed by atoms with E-state index in [1.807, 2.05) is 6.07 Å². The van der Waals surface area contributed by atoms with Gasteiger partial charge in [0.1, 0.15) is 18.2 Å². The number of carbonyl (C=O) groups is 1. The highest BCUT2D eigenvalue weighted by Gasteiger charge is 2.12. The smallest absolute Gasteiger partial charge is 0.373 e. The third kappa shape index (κ3) is 4.80. The molecule has 0 saturated heterocycles. The lowest BCUT2D eigenvalue weighted by atomic mass is 10.2. The number of ether oxygens (including phenoxy) is 3. The molecule has 3 rings (SSSR count). The van der Waals surface area contributed by atoms with Crippen LogP contribution in [-0.2, 0) is 11.3 Å². The van der Waals surface area contributed by atoms with Gasteiger partial charge in [0.05, 0.1) is 20.4 Å². The van der Waals surface area contributed by atoms with E-state index in [0.717, 1.165) is 5.56 Å². The van der Waals surface area contributed by atoms with E-state index < -0.39 is 5.97 Å². The van der Waals surface area contributed by atoms with Crippen LogP contribution >= 0.6 is 11.3 Å². The number of rotatable bonds is 8. The molecule has 2 heterocycles. The molecule has 0 aliphatic rings. The number of aromatic nitrogens is 1. The zero-order valence-corrected chi connectivity index (χ0v) is 16.0. The van der Waals surface area contributed by atoms with Gasteiger partial charge in [0.25, 0.3) is 0 Å². The number of furan rings is 1. The number of hydrazone groups is 1. The van der Waals surface area contributed by atoms with Crippen molar-refractivity contribution in [2.24, 2.45) is 5.10 Å². The number of anilines is 2. The maximum atomic E-state index is 11.4. The minimum Gasteiger partial charge on any atom is -0.493 e. The summed E-state index contributed by atoms with van der Waals surface area (Å²) in [7, 11) is 2.83. The zero-order chi connectivity index (χ0) is 19.9. The highest BCUT2D eigenvalue weighted by atomic mass is 32.1. The van der Waals surface area contributed by atoms with E-state index >= 15 is 0 Å². The molecule has 3 N–H and O–H groups in total. The Morgan fingerprint density at radius 2 is 2.18 bits per heavy atom. The van der Waals surface area contributed by atoms with Gasteiger partial charge in [0.2, 0.25) is 10.9 Å². The van der Waals surface area contributed by atoms with Crippen LogP contribution in [0.4, 0.5) is 10.9 Å². The van der Waals surface area contributed by atoms with E-state index in [2.05, 4.69) is 20.2 Å². The molecule has 0 atom stereocenters. The van der Waals surface area contributed by atoms with Crippen molar-refractivity contribution in [1.82, 2.24) is 4.98 Å². The summed E-state index contributed by atoms with van der Waals surface area (Å²) in [6.07, 6.45) is 1.62. The number of nitrogens with two attached hydrogens (primary N) is 1. The van der Waals surface area contributed by atoms with Crippen LogP contribution in [0, 0.1) is 0 Å². The predicted octanol–water partition coefficient (Wildman–Crippen LogP) is 3.14. The van der Waals surface area contributed by atoms with Crippen molar-refractivity contribution < 1.29 is 23.4 Å². The van der Waals surface area contributed by atoms with Crippen molar-refractivity contribution in [3.8, 4) is 11.5 Å². The summed E-state index contributed by atoms with van der Waals surface area (Å²) in [5.74, 6) is 1.57. The molecule has 3 aromatic rings. The average Bonchev–Trinajstić information content (AvgIpc) is 3.35. The third-order valence-corrected chi connectivity index (χ3v) is 4.27. The second-order valence-electron chi connectivity index (χ2n) is 5.40. The van der Waals surface area contributed by atoms with Crippen LogP contribution in [0.1, 0.15) is 21.9 Å². The summed E-state index contributed by atoms with van der Waals surface area (Å²) >= 11 is 1.36. The molecule has 0 radical (unpaired) electrons. The lowest BCUT2D eigenvalue weighted by molar-refractivity contribution is 0.0561. The van der Waals surface area contributed by atoms with Gasteiger partial charge in [-0.05, 0) is 35.9 Å². The first-order valence-corrected chi connectivity index (χ1v) is 8.95. The maximum Gasteiger partial charge on any atom is 0.373 e. The van der Waals surface area contributed by atoms with Crippen molar-refractivity contribution in [3.05, 3.63) is 52.8 Å². The van der Waals surface area contributed by atoms with Crippen molar-refractivity contribution in [1.29, 1.82) is 0 Å². The van der Waals surface area contributed by atoms with Crippen molar-refractivity contribution in [2.75, 3.05) is 25.4 Å². The van der Waals surface area contributed by atoms with Crippen molar-refractivity contribution in [3.63, 3.8) is 0 Å². The van der Waals surface area contributed by atoms with Crippen LogP contribution in [0.15, 0.2) is 45.2 Å². The molecule has 0 aliphatic carbocycles. The van der Waals surface area contributed by atoms with Crippen molar-refractivity contribution in [2.45, 2.75) is 6.61 Å². The number of benzene rings is 1. The first-order valence-electron chi connectivity index (χ1n) is 8.07. The predicted molar refractivity (Wildman–Crippen MR) is 105 cm³/mol. The fourth-order valence-corrected chi connectivity index (χ4v) is 2.75. The molecule has 0 amide bonds. The monoisotopic (exact) mass is 402 g/mol. The number of esters is 1. The normalized spacial score (nSPS) is 10.8. The van der Waals surface area contributed by atoms with Gasteiger partial charge in [-0.1, -0.05) is 0 Å². The van der Waals surface area contributed by atoms with E-state index in [-0.39, 0.29) is 12.4 Å². The quantitative estimate of drug-likeness (QED) is 0.335. The molecule has 146 valence electrons. The molecule has 10 heteroatoms. The number of hydrogen-bond acceptors (Lipinski definition) is 10. The van der Waals surface area contributed by atoms with Crippen LogP contribution in [-0.4, -0.2) is 31.4 Å². The molecular weight excluding hydrogens is 384 g/mol. The van der Waals surface area contributed by atoms with Gasteiger partial charge in [-0.3, -0.25) is 5.43 Å². The van der Waals surface area contributed by atoms with Gasteiger partial charge in [-0.15, -0.1) is 11.3 Å². The largest absolute Gasteiger partial charge is 0.493 e. The van der Waals surface area contributed by atoms with E-state index in [0.29, 0.717) is 28.2 Å². The number of hydrogen-bond donors (Lipinski definition) is 2. The number of nitrogen functional groups attached to an aromatic ring is 1. The highest BCUT2D eigenvalue weighted by molar-refractivity contribution is 7.14. The average molecular weight is 402 g/mol. The Morgan fingerprint density at radius 1 is 1.32 bits per heavy atom. The number of thiazole rings is 1. The summed E-state index contributed by atoms with van der Waals surface area (Å²) in [6, 6.07) is 8.53. The highest BCUT2D eigenvalue weighted by Crippen LogP contribution is 2.28. The Morgan fingerprint density at radius 3 is 2.89 bits per heavy atom. The molecule has 0 unspecified atom stereocenters. The number of nitrogens with zero attached hydrogens (tertiary/aromatic N) is 2. The van der Waals surface area contributed by atoms with Gasteiger partial charge in [0.15, 0.2) is 11.5 Å². The summed E-state index contributed by atoms with van der Waals surface area (Å²) < 4.78 is 21.1. The summed E-state index contributed by atoms with van der Waals surface area (Å²) in [5, 5.41) is 6.44. The third-order valence-electron chi connectivity index (χ3n) is 3.50. The number of carbonyl (C=O) groups excluding carboxylic acids is 1. The molecule has 1 aromatic carbocycles. The fourth-order valence-electron chi connectivity index (χ4n) is 2.20. The lowest BCUT2D eigenvalue weighted by Gasteiger charge is -2.10. The van der Waals surface area contributed by atoms with Crippen LogP contribution in [0.3, 0.4) is 0 Å². The summed E-state index contributed by atoms with van der Waals surface area (Å²) in [5.41, 5.74) is 9.16. The van der Waals surface area contributed by atoms with Gasteiger partial charge < -0.3 is 24.4 Å². The van der Waals surface area contributed by atoms with E-state index in [4.69, 9.17) is 19.6 Å². The molecule has 0 spiro atoms. The fraction of sp³-hybridized carbons (Fsp3) is 0.167. The molecular formula is C18H18N4O5S. The first kappa shape index (κ1) is 19.2. The van der Waals surface area contributed by atoms with E-state index in [1.54, 1.807) is 36.9 Å². The van der Waals surface area contributed by atoms with Gasteiger partial charge in [0, 0.05) is 5.38 Å². The topological polar surface area (TPSA) is 121 Å². The molecule has 2 aromatic heterocycles. The molecule has 9 nitrogen and oxygen atoms in total. The van der Waals surface area contributed by atoms with Crippen LogP contribution < -0.4 is 20.6 Å². The second kappa shape index (κ2) is 8.91. The van der Waals surface area contributed by atoms with Gasteiger partial charge in [-0.25, -0.2) is 9.78 Å². The van der Waals surface area contributed by atoms with Gasteiger partial charge >= 0.3 is 5.97 Å². The Bertz CT molecular complexity index is 982. The minimum absolute atomic E-state index is 0.120. The Hall–Kier alpha value is -3.53. The number of methoxy groups -OCH3 is 2. The lowest BCUT2D eigenvalue weighted by Crippen LogP contribution is -2.00.